The Kier molecular flexibility index (Phi) is 6.54. The highest BCUT2D eigenvalue weighted by Crippen LogP contribution is 2.29. The summed E-state index contributed by atoms with van der Waals surface area (Å²) in [5.74, 6) is -0.625. The van der Waals surface area contributed by atoms with Gasteiger partial charge in [-0.3, -0.25) is 0 Å². The second kappa shape index (κ2) is 6.93. The predicted octanol–water partition coefficient (Wildman–Crippen LogP) is 2.57. The Bertz CT molecular complexity index is 414. The number of aliphatic hydroxyl groups excluding tert-OH is 1. The molecule has 1 rings (SSSR count). The Balaban J connectivity index is 0.00000324. The summed E-state index contributed by atoms with van der Waals surface area (Å²) in [6, 6.07) is 1.30. The number of methoxy groups -OCH3 is 1. The minimum absolute atomic E-state index is 0. The third-order valence-corrected chi connectivity index (χ3v) is 2.46. The Morgan fingerprint density at radius 3 is 2.37 bits per heavy atom. The largest absolute Gasteiger partial charge is 0.497 e. The topological polar surface area (TPSA) is 55.5 Å². The summed E-state index contributed by atoms with van der Waals surface area (Å²) in [6.07, 6.45) is -7.04. The Morgan fingerprint density at radius 2 is 1.95 bits per heavy atom. The molecule has 0 aromatic heterocycles. The van der Waals surface area contributed by atoms with Crippen molar-refractivity contribution in [1.82, 2.24) is 0 Å². The predicted molar refractivity (Wildman–Crippen MR) is 63.8 cm³/mol. The van der Waals surface area contributed by atoms with Gasteiger partial charge < -0.3 is 15.6 Å². The van der Waals surface area contributed by atoms with Gasteiger partial charge in [-0.25, -0.2) is 4.39 Å². The lowest BCUT2D eigenvalue weighted by Crippen LogP contribution is -2.38. The molecule has 0 heterocycles. The molecule has 0 saturated carbocycles. The molecule has 0 aliphatic rings. The van der Waals surface area contributed by atoms with E-state index in [0.29, 0.717) is 0 Å². The standard InChI is InChI=1S/C11H13F4NO2.ClH/c1-18-6-2-3-7(8(12)4-6)9(17)5-10(16)11(13,14)15;/h2-4,9-10,17H,5,16H2,1H3;1H/t9-,10+;/m0./s1. The molecule has 3 N–H and O–H groups in total. The molecule has 2 atom stereocenters. The molecule has 3 nitrogen and oxygen atoms in total. The van der Waals surface area contributed by atoms with E-state index in [2.05, 4.69) is 0 Å². The number of ether oxygens (including phenoxy) is 1. The molecule has 0 unspecified atom stereocenters. The van der Waals surface area contributed by atoms with Crippen molar-refractivity contribution in [2.24, 2.45) is 5.73 Å². The summed E-state index contributed by atoms with van der Waals surface area (Å²) in [6.45, 7) is 0. The summed E-state index contributed by atoms with van der Waals surface area (Å²) in [4.78, 5) is 0. The molecule has 0 bridgehead atoms. The van der Waals surface area contributed by atoms with Gasteiger partial charge in [-0.05, 0) is 12.1 Å². The average Bonchev–Trinajstić information content (AvgIpc) is 2.27. The number of nitrogens with two attached hydrogens (primary N) is 1. The zero-order valence-corrected chi connectivity index (χ0v) is 10.8. The fourth-order valence-corrected chi connectivity index (χ4v) is 1.41. The van der Waals surface area contributed by atoms with E-state index < -0.39 is 30.6 Å². The third kappa shape index (κ3) is 4.85. The van der Waals surface area contributed by atoms with Gasteiger partial charge in [-0.2, -0.15) is 13.2 Å². The molecule has 0 radical (unpaired) electrons. The number of halogens is 5. The van der Waals surface area contributed by atoms with E-state index in [1.165, 1.54) is 19.2 Å². The number of hydrogen-bond acceptors (Lipinski definition) is 3. The first-order valence-corrected chi connectivity index (χ1v) is 5.09. The lowest BCUT2D eigenvalue weighted by Gasteiger charge is -2.19. The smallest absolute Gasteiger partial charge is 0.403 e. The van der Waals surface area contributed by atoms with Gasteiger partial charge >= 0.3 is 6.18 Å². The van der Waals surface area contributed by atoms with Crippen LogP contribution in [-0.2, 0) is 0 Å². The highest BCUT2D eigenvalue weighted by molar-refractivity contribution is 5.85. The maximum Gasteiger partial charge on any atom is 0.403 e. The van der Waals surface area contributed by atoms with E-state index in [9.17, 15) is 22.7 Å². The zero-order valence-electron chi connectivity index (χ0n) is 9.95. The van der Waals surface area contributed by atoms with Gasteiger partial charge in [0.1, 0.15) is 17.6 Å². The molecule has 1 aromatic rings. The second-order valence-electron chi connectivity index (χ2n) is 3.79. The normalized spacial score (nSPS) is 14.5. The number of aliphatic hydroxyl groups is 1. The Labute approximate surface area is 113 Å². The Hall–Kier alpha value is -1.05. The molecule has 1 aromatic carbocycles. The van der Waals surface area contributed by atoms with E-state index >= 15 is 0 Å². The maximum atomic E-state index is 13.5. The molecule has 8 heteroatoms. The molecule has 0 spiro atoms. The number of hydrogen-bond donors (Lipinski definition) is 2. The van der Waals surface area contributed by atoms with Crippen LogP contribution in [0.15, 0.2) is 18.2 Å². The van der Waals surface area contributed by atoms with Crippen molar-refractivity contribution in [2.75, 3.05) is 7.11 Å². The lowest BCUT2D eigenvalue weighted by atomic mass is 10.0. The van der Waals surface area contributed by atoms with Crippen molar-refractivity contribution >= 4 is 12.4 Å². The van der Waals surface area contributed by atoms with Crippen molar-refractivity contribution < 1.29 is 27.4 Å². The van der Waals surface area contributed by atoms with Gasteiger partial charge in [0, 0.05) is 18.1 Å². The number of alkyl halides is 3. The third-order valence-electron chi connectivity index (χ3n) is 2.46. The highest BCUT2D eigenvalue weighted by atomic mass is 35.5. The molecule has 0 amide bonds. The van der Waals surface area contributed by atoms with Crippen molar-refractivity contribution in [2.45, 2.75) is 24.7 Å². The van der Waals surface area contributed by atoms with E-state index in [-0.39, 0.29) is 23.7 Å². The first-order valence-electron chi connectivity index (χ1n) is 5.09. The van der Waals surface area contributed by atoms with Gasteiger partial charge in [-0.1, -0.05) is 0 Å². The minimum Gasteiger partial charge on any atom is -0.497 e. The van der Waals surface area contributed by atoms with E-state index in [0.717, 1.165) is 6.07 Å². The van der Waals surface area contributed by atoms with E-state index in [4.69, 9.17) is 10.5 Å². The fraction of sp³-hybridized carbons (Fsp3) is 0.455. The van der Waals surface area contributed by atoms with E-state index in [1.54, 1.807) is 0 Å². The second-order valence-corrected chi connectivity index (χ2v) is 3.79. The van der Waals surface area contributed by atoms with Crippen LogP contribution in [0.2, 0.25) is 0 Å². The van der Waals surface area contributed by atoms with Crippen LogP contribution in [0.4, 0.5) is 17.6 Å². The molecule has 0 fully saturated rings. The van der Waals surface area contributed by atoms with Crippen molar-refractivity contribution in [3.8, 4) is 5.75 Å². The molecule has 0 aliphatic carbocycles. The van der Waals surface area contributed by atoms with Crippen molar-refractivity contribution in [3.05, 3.63) is 29.6 Å². The van der Waals surface area contributed by atoms with Crippen LogP contribution in [0.25, 0.3) is 0 Å². The summed E-state index contributed by atoms with van der Waals surface area (Å²) < 4.78 is 54.8. The monoisotopic (exact) mass is 303 g/mol. The summed E-state index contributed by atoms with van der Waals surface area (Å²) in [7, 11) is 1.32. The summed E-state index contributed by atoms with van der Waals surface area (Å²) in [5.41, 5.74) is 4.62. The van der Waals surface area contributed by atoms with Gasteiger partial charge in [0.05, 0.1) is 13.2 Å². The molecule has 0 aliphatic heterocycles. The fourth-order valence-electron chi connectivity index (χ4n) is 1.41. The number of benzene rings is 1. The SMILES string of the molecule is COc1ccc([C@@H](O)C[C@@H](N)C(F)(F)F)c(F)c1.Cl. The molecular weight excluding hydrogens is 290 g/mol. The molecule has 110 valence electrons. The highest BCUT2D eigenvalue weighted by Gasteiger charge is 2.38. The van der Waals surface area contributed by atoms with Gasteiger partial charge in [0.15, 0.2) is 0 Å². The Morgan fingerprint density at radius 1 is 1.37 bits per heavy atom. The van der Waals surface area contributed by atoms with Crippen LogP contribution in [0.1, 0.15) is 18.1 Å². The van der Waals surface area contributed by atoms with Crippen molar-refractivity contribution in [1.29, 1.82) is 0 Å². The first-order chi connectivity index (χ1) is 8.25. The van der Waals surface area contributed by atoms with Gasteiger partial charge in [0.2, 0.25) is 0 Å². The molecular formula is C11H14ClF4NO2. The van der Waals surface area contributed by atoms with Crippen LogP contribution >= 0.6 is 12.4 Å². The van der Waals surface area contributed by atoms with Crippen LogP contribution in [0, 0.1) is 5.82 Å². The lowest BCUT2D eigenvalue weighted by molar-refractivity contribution is -0.154. The molecule has 0 saturated heterocycles. The first kappa shape index (κ1) is 17.9. The average molecular weight is 304 g/mol. The number of rotatable bonds is 4. The van der Waals surface area contributed by atoms with Gasteiger partial charge in [-0.15, -0.1) is 12.4 Å². The van der Waals surface area contributed by atoms with E-state index in [1.807, 2.05) is 0 Å². The zero-order chi connectivity index (χ0) is 13.9. The van der Waals surface area contributed by atoms with Crippen LogP contribution in [0.5, 0.6) is 5.75 Å². The minimum atomic E-state index is -4.62. The summed E-state index contributed by atoms with van der Waals surface area (Å²) in [5, 5.41) is 9.54. The quantitative estimate of drug-likeness (QED) is 0.841. The van der Waals surface area contributed by atoms with Crippen LogP contribution < -0.4 is 10.5 Å². The molecule has 19 heavy (non-hydrogen) atoms. The van der Waals surface area contributed by atoms with Crippen molar-refractivity contribution in [3.63, 3.8) is 0 Å². The van der Waals surface area contributed by atoms with Crippen LogP contribution in [-0.4, -0.2) is 24.4 Å². The maximum absolute atomic E-state index is 13.5. The summed E-state index contributed by atoms with van der Waals surface area (Å²) >= 11 is 0. The van der Waals surface area contributed by atoms with Gasteiger partial charge in [0.25, 0.3) is 0 Å². The van der Waals surface area contributed by atoms with Crippen LogP contribution in [0.3, 0.4) is 0 Å².